The maximum Gasteiger partial charge on any atom is 0.221 e. The molecule has 4 heteroatoms. The fourth-order valence-corrected chi connectivity index (χ4v) is 1.68. The Morgan fingerprint density at radius 1 is 1.33 bits per heavy atom. The minimum absolute atomic E-state index is 0.0151. The van der Waals surface area contributed by atoms with E-state index in [0.29, 0.717) is 12.8 Å². The predicted octanol–water partition coefficient (Wildman–Crippen LogP) is 0.658. The Morgan fingerprint density at radius 3 is 2.56 bits per heavy atom. The van der Waals surface area contributed by atoms with E-state index < -0.39 is 0 Å². The molecule has 1 rings (SSSR count). The van der Waals surface area contributed by atoms with Crippen molar-refractivity contribution in [1.29, 1.82) is 0 Å². The maximum absolute atomic E-state index is 11.7. The third-order valence-electron chi connectivity index (χ3n) is 2.70. The summed E-state index contributed by atoms with van der Waals surface area (Å²) in [5.41, 5.74) is 1.12. The average molecular weight is 250 g/mol. The highest BCUT2D eigenvalue weighted by Crippen LogP contribution is 2.03. The van der Waals surface area contributed by atoms with Gasteiger partial charge < -0.3 is 15.3 Å². The standard InChI is InChI=1S/C14H22N2O2/c1-16(2)9-8-14(18)15-13(11-17)10-12-6-4-3-5-7-12/h3-7,13,17H,8-11H2,1-2H3,(H,15,18)/t13-/m1/s1. The molecule has 0 spiro atoms. The van der Waals surface area contributed by atoms with Gasteiger partial charge in [-0.15, -0.1) is 0 Å². The molecule has 18 heavy (non-hydrogen) atoms. The molecule has 2 N–H and O–H groups in total. The number of amides is 1. The van der Waals surface area contributed by atoms with Crippen molar-refractivity contribution >= 4 is 5.91 Å². The zero-order valence-electron chi connectivity index (χ0n) is 11.1. The van der Waals surface area contributed by atoms with Crippen LogP contribution >= 0.6 is 0 Å². The molecule has 0 bridgehead atoms. The van der Waals surface area contributed by atoms with Gasteiger partial charge in [-0.3, -0.25) is 4.79 Å². The van der Waals surface area contributed by atoms with Crippen LogP contribution in [0.3, 0.4) is 0 Å². The molecule has 0 aliphatic heterocycles. The summed E-state index contributed by atoms with van der Waals surface area (Å²) in [5.74, 6) is -0.0151. The number of aliphatic hydroxyl groups excluding tert-OH is 1. The highest BCUT2D eigenvalue weighted by Gasteiger charge is 2.11. The normalized spacial score (nSPS) is 12.4. The van der Waals surface area contributed by atoms with Gasteiger partial charge in [0.05, 0.1) is 12.6 Å². The molecule has 0 saturated carbocycles. The van der Waals surface area contributed by atoms with Gasteiger partial charge in [-0.25, -0.2) is 0 Å². The largest absolute Gasteiger partial charge is 0.394 e. The maximum atomic E-state index is 11.7. The van der Waals surface area contributed by atoms with Gasteiger partial charge in [0.1, 0.15) is 0 Å². The van der Waals surface area contributed by atoms with Crippen molar-refractivity contribution in [2.45, 2.75) is 18.9 Å². The van der Waals surface area contributed by atoms with Crippen molar-refractivity contribution in [1.82, 2.24) is 10.2 Å². The fraction of sp³-hybridized carbons (Fsp3) is 0.500. The van der Waals surface area contributed by atoms with Crippen LogP contribution in [-0.2, 0) is 11.2 Å². The number of nitrogens with zero attached hydrogens (tertiary/aromatic N) is 1. The quantitative estimate of drug-likeness (QED) is 0.747. The lowest BCUT2D eigenvalue weighted by molar-refractivity contribution is -0.122. The topological polar surface area (TPSA) is 52.6 Å². The first-order valence-corrected chi connectivity index (χ1v) is 6.20. The van der Waals surface area contributed by atoms with Crippen molar-refractivity contribution < 1.29 is 9.90 Å². The average Bonchev–Trinajstić information content (AvgIpc) is 2.37. The van der Waals surface area contributed by atoms with Crippen LogP contribution in [0.1, 0.15) is 12.0 Å². The third-order valence-corrected chi connectivity index (χ3v) is 2.70. The molecule has 1 aromatic carbocycles. The Morgan fingerprint density at radius 2 is 2.00 bits per heavy atom. The van der Waals surface area contributed by atoms with E-state index in [-0.39, 0.29) is 18.6 Å². The van der Waals surface area contributed by atoms with E-state index in [4.69, 9.17) is 0 Å². The first-order valence-electron chi connectivity index (χ1n) is 6.20. The number of hydrogen-bond acceptors (Lipinski definition) is 3. The molecule has 0 aliphatic carbocycles. The van der Waals surface area contributed by atoms with Crippen LogP contribution in [-0.4, -0.2) is 49.2 Å². The monoisotopic (exact) mass is 250 g/mol. The van der Waals surface area contributed by atoms with Crippen molar-refractivity contribution in [3.63, 3.8) is 0 Å². The van der Waals surface area contributed by atoms with E-state index in [2.05, 4.69) is 5.32 Å². The first-order chi connectivity index (χ1) is 8.61. The lowest BCUT2D eigenvalue weighted by atomic mass is 10.1. The molecule has 1 amide bonds. The molecule has 4 nitrogen and oxygen atoms in total. The zero-order valence-corrected chi connectivity index (χ0v) is 11.1. The van der Waals surface area contributed by atoms with Gasteiger partial charge in [0, 0.05) is 13.0 Å². The zero-order chi connectivity index (χ0) is 13.4. The summed E-state index contributed by atoms with van der Waals surface area (Å²) in [6, 6.07) is 9.65. The van der Waals surface area contributed by atoms with E-state index in [9.17, 15) is 9.90 Å². The van der Waals surface area contributed by atoms with E-state index >= 15 is 0 Å². The van der Waals surface area contributed by atoms with Crippen LogP contribution in [0.15, 0.2) is 30.3 Å². The number of benzene rings is 1. The molecule has 0 unspecified atom stereocenters. The van der Waals surface area contributed by atoms with Crippen LogP contribution < -0.4 is 5.32 Å². The van der Waals surface area contributed by atoms with Crippen LogP contribution in [0.25, 0.3) is 0 Å². The SMILES string of the molecule is CN(C)CCC(=O)N[C@@H](CO)Cc1ccccc1. The highest BCUT2D eigenvalue weighted by molar-refractivity contribution is 5.76. The molecule has 100 valence electrons. The van der Waals surface area contributed by atoms with Gasteiger partial charge in [-0.05, 0) is 26.1 Å². The summed E-state index contributed by atoms with van der Waals surface area (Å²) in [5, 5.41) is 12.1. The Bertz CT molecular complexity index is 352. The Labute approximate surface area is 109 Å². The predicted molar refractivity (Wildman–Crippen MR) is 72.3 cm³/mol. The summed E-state index contributed by atoms with van der Waals surface area (Å²) in [6.07, 6.45) is 1.11. The molecule has 0 fully saturated rings. The second kappa shape index (κ2) is 7.84. The molecule has 0 saturated heterocycles. The van der Waals surface area contributed by atoms with Crippen LogP contribution in [0, 0.1) is 0 Å². The summed E-state index contributed by atoms with van der Waals surface area (Å²) >= 11 is 0. The molecule has 0 radical (unpaired) electrons. The molecule has 0 aliphatic rings. The van der Waals surface area contributed by atoms with E-state index in [1.165, 1.54) is 0 Å². The van der Waals surface area contributed by atoms with Gasteiger partial charge in [0.25, 0.3) is 0 Å². The number of hydrogen-bond donors (Lipinski definition) is 2. The second-order valence-corrected chi connectivity index (χ2v) is 4.69. The lowest BCUT2D eigenvalue weighted by Crippen LogP contribution is -2.40. The molecular weight excluding hydrogens is 228 g/mol. The summed E-state index contributed by atoms with van der Waals surface area (Å²) in [7, 11) is 3.86. The minimum Gasteiger partial charge on any atom is -0.394 e. The smallest absolute Gasteiger partial charge is 0.221 e. The number of carbonyl (C=O) groups is 1. The van der Waals surface area contributed by atoms with E-state index in [1.54, 1.807) is 0 Å². The molecule has 0 aromatic heterocycles. The van der Waals surface area contributed by atoms with Crippen LogP contribution in [0.2, 0.25) is 0 Å². The van der Waals surface area contributed by atoms with Crippen molar-refractivity contribution in [3.8, 4) is 0 Å². The van der Waals surface area contributed by atoms with Crippen LogP contribution in [0.4, 0.5) is 0 Å². The third kappa shape index (κ3) is 5.80. The molecule has 1 aromatic rings. The van der Waals surface area contributed by atoms with Crippen LogP contribution in [0.5, 0.6) is 0 Å². The Hall–Kier alpha value is -1.39. The van der Waals surface area contributed by atoms with Gasteiger partial charge in [0.15, 0.2) is 0 Å². The minimum atomic E-state index is -0.206. The van der Waals surface area contributed by atoms with Crippen molar-refractivity contribution in [2.24, 2.45) is 0 Å². The second-order valence-electron chi connectivity index (χ2n) is 4.69. The van der Waals surface area contributed by atoms with E-state index in [0.717, 1.165) is 12.1 Å². The summed E-state index contributed by atoms with van der Waals surface area (Å²) in [6.45, 7) is 0.678. The number of nitrogens with one attached hydrogen (secondary N) is 1. The summed E-state index contributed by atoms with van der Waals surface area (Å²) in [4.78, 5) is 13.6. The van der Waals surface area contributed by atoms with Gasteiger partial charge in [-0.2, -0.15) is 0 Å². The van der Waals surface area contributed by atoms with E-state index in [1.807, 2.05) is 49.3 Å². The lowest BCUT2D eigenvalue weighted by Gasteiger charge is -2.17. The molecule has 1 atom stereocenters. The van der Waals surface area contributed by atoms with Crippen molar-refractivity contribution in [3.05, 3.63) is 35.9 Å². The van der Waals surface area contributed by atoms with Crippen molar-refractivity contribution in [2.75, 3.05) is 27.2 Å². The number of aliphatic hydroxyl groups is 1. The molecular formula is C14H22N2O2. The number of carbonyl (C=O) groups excluding carboxylic acids is 1. The number of rotatable bonds is 7. The van der Waals surface area contributed by atoms with Gasteiger partial charge in [-0.1, -0.05) is 30.3 Å². The van der Waals surface area contributed by atoms with Gasteiger partial charge >= 0.3 is 0 Å². The first kappa shape index (κ1) is 14.7. The molecule has 0 heterocycles. The Kier molecular flexibility index (Phi) is 6.39. The highest BCUT2D eigenvalue weighted by atomic mass is 16.3. The summed E-state index contributed by atoms with van der Waals surface area (Å²) < 4.78 is 0. The Balaban J connectivity index is 2.40. The fourth-order valence-electron chi connectivity index (χ4n) is 1.68. The van der Waals surface area contributed by atoms with Gasteiger partial charge in [0.2, 0.25) is 5.91 Å².